The van der Waals surface area contributed by atoms with Crippen molar-refractivity contribution >= 4 is 44.2 Å². The third-order valence-corrected chi connectivity index (χ3v) is 5.58. The van der Waals surface area contributed by atoms with E-state index in [2.05, 4.69) is 10.3 Å². The van der Waals surface area contributed by atoms with Crippen molar-refractivity contribution < 1.29 is 14.3 Å². The second-order valence-electron chi connectivity index (χ2n) is 6.56. The fourth-order valence-electron chi connectivity index (χ4n) is 3.26. The molecule has 2 heterocycles. The number of carbonyl (C=O) groups is 2. The Hall–Kier alpha value is -2.93. The number of fused-ring (bicyclic) bond motifs is 1. The lowest BCUT2D eigenvalue weighted by molar-refractivity contribution is -0.122. The number of ether oxygens (including phenoxy) is 1. The molecule has 1 fully saturated rings. The molecule has 138 valence electrons. The van der Waals surface area contributed by atoms with Crippen LogP contribution in [0.1, 0.15) is 12.0 Å². The molecule has 4 rings (SSSR count). The normalized spacial score (nSPS) is 16.7. The lowest BCUT2D eigenvalue weighted by Gasteiger charge is -2.19. The number of anilines is 2. The Kier molecular flexibility index (Phi) is 4.53. The molecular weight excluding hydrogens is 362 g/mol. The van der Waals surface area contributed by atoms with Crippen molar-refractivity contribution in [1.29, 1.82) is 0 Å². The quantitative estimate of drug-likeness (QED) is 0.749. The van der Waals surface area contributed by atoms with Crippen LogP contribution in [-0.4, -0.2) is 30.5 Å². The highest BCUT2D eigenvalue weighted by Gasteiger charge is 2.36. The number of nitrogens with zero attached hydrogens (tertiary/aromatic N) is 2. The maximum absolute atomic E-state index is 12.7. The zero-order chi connectivity index (χ0) is 19.0. The fourth-order valence-corrected chi connectivity index (χ4v) is 4.23. The molecule has 0 spiro atoms. The molecule has 1 unspecified atom stereocenters. The van der Waals surface area contributed by atoms with Crippen molar-refractivity contribution in [1.82, 2.24) is 4.98 Å². The summed E-state index contributed by atoms with van der Waals surface area (Å²) < 4.78 is 6.37. The van der Waals surface area contributed by atoms with Gasteiger partial charge in [0, 0.05) is 13.0 Å². The lowest BCUT2D eigenvalue weighted by Crippen LogP contribution is -2.28. The van der Waals surface area contributed by atoms with Crippen LogP contribution in [0.4, 0.5) is 10.8 Å². The Bertz CT molecular complexity index is 1030. The van der Waals surface area contributed by atoms with Crippen molar-refractivity contribution in [3.63, 3.8) is 0 Å². The largest absolute Gasteiger partial charge is 0.495 e. The summed E-state index contributed by atoms with van der Waals surface area (Å²) in [6, 6.07) is 13.3. The van der Waals surface area contributed by atoms with E-state index < -0.39 is 5.92 Å². The van der Waals surface area contributed by atoms with Gasteiger partial charge in [0.25, 0.3) is 0 Å². The maximum Gasteiger partial charge on any atom is 0.231 e. The molecule has 1 aliphatic heterocycles. The molecule has 2 aromatic carbocycles. The molecule has 1 N–H and O–H groups in total. The predicted molar refractivity (Wildman–Crippen MR) is 106 cm³/mol. The average molecular weight is 381 g/mol. The van der Waals surface area contributed by atoms with Gasteiger partial charge in [-0.2, -0.15) is 0 Å². The molecule has 0 bridgehead atoms. The van der Waals surface area contributed by atoms with E-state index in [1.807, 2.05) is 43.3 Å². The summed E-state index contributed by atoms with van der Waals surface area (Å²) >= 11 is 1.44. The van der Waals surface area contributed by atoms with Crippen molar-refractivity contribution in [2.75, 3.05) is 23.9 Å². The first-order valence-corrected chi connectivity index (χ1v) is 9.48. The number of aromatic nitrogens is 1. The van der Waals surface area contributed by atoms with E-state index in [9.17, 15) is 9.59 Å². The summed E-state index contributed by atoms with van der Waals surface area (Å²) in [4.78, 5) is 31.2. The van der Waals surface area contributed by atoms with Gasteiger partial charge in [0.1, 0.15) is 5.75 Å². The minimum absolute atomic E-state index is 0.0837. The lowest BCUT2D eigenvalue weighted by atomic mass is 10.1. The standard InChI is InChI=1S/C20H19N3O3S/c1-12-7-8-14-17(9-12)27-20(21-14)22-19(25)13-10-18(24)23(11-13)15-5-3-4-6-16(15)26-2/h3-9,13H,10-11H2,1-2H3,(H,21,22,25). The highest BCUT2D eigenvalue weighted by atomic mass is 32.1. The van der Waals surface area contributed by atoms with Crippen LogP contribution in [0.15, 0.2) is 42.5 Å². The van der Waals surface area contributed by atoms with Crippen molar-refractivity contribution in [3.05, 3.63) is 48.0 Å². The van der Waals surface area contributed by atoms with E-state index in [4.69, 9.17) is 4.74 Å². The van der Waals surface area contributed by atoms with Crippen molar-refractivity contribution in [3.8, 4) is 5.75 Å². The first kappa shape index (κ1) is 17.5. The molecule has 6 nitrogen and oxygen atoms in total. The third-order valence-electron chi connectivity index (χ3n) is 4.65. The van der Waals surface area contributed by atoms with E-state index in [1.54, 1.807) is 18.1 Å². The Morgan fingerprint density at radius 1 is 1.30 bits per heavy atom. The third kappa shape index (κ3) is 3.38. The summed E-state index contributed by atoms with van der Waals surface area (Å²) in [6.07, 6.45) is 0.174. The van der Waals surface area contributed by atoms with E-state index in [1.165, 1.54) is 11.3 Å². The zero-order valence-corrected chi connectivity index (χ0v) is 15.9. The van der Waals surface area contributed by atoms with Crippen LogP contribution in [0.5, 0.6) is 5.75 Å². The molecule has 3 aromatic rings. The number of rotatable bonds is 4. The van der Waals surface area contributed by atoms with Crippen LogP contribution in [0, 0.1) is 12.8 Å². The number of aryl methyl sites for hydroxylation is 1. The van der Waals surface area contributed by atoms with E-state index >= 15 is 0 Å². The molecule has 1 aromatic heterocycles. The molecule has 2 amide bonds. The number of hydrogen-bond donors (Lipinski definition) is 1. The molecule has 1 saturated heterocycles. The Balaban J connectivity index is 1.50. The summed E-state index contributed by atoms with van der Waals surface area (Å²) in [5.41, 5.74) is 2.70. The molecule has 7 heteroatoms. The number of amides is 2. The summed E-state index contributed by atoms with van der Waals surface area (Å²) in [5, 5.41) is 3.43. The monoisotopic (exact) mass is 381 g/mol. The van der Waals surface area contributed by atoms with E-state index in [0.717, 1.165) is 15.8 Å². The highest BCUT2D eigenvalue weighted by Crippen LogP contribution is 2.33. The van der Waals surface area contributed by atoms with Gasteiger partial charge in [-0.1, -0.05) is 29.5 Å². The molecule has 1 aliphatic rings. The molecule has 0 aliphatic carbocycles. The van der Waals surface area contributed by atoms with Gasteiger partial charge in [-0.05, 0) is 36.8 Å². The molecule has 0 radical (unpaired) electrons. The number of nitrogens with one attached hydrogen (secondary N) is 1. The van der Waals surface area contributed by atoms with Crippen molar-refractivity contribution in [2.24, 2.45) is 5.92 Å². The second-order valence-corrected chi connectivity index (χ2v) is 7.59. The number of methoxy groups -OCH3 is 1. The van der Waals surface area contributed by atoms with Crippen LogP contribution in [0.25, 0.3) is 10.2 Å². The van der Waals surface area contributed by atoms with Crippen LogP contribution >= 0.6 is 11.3 Å². The van der Waals surface area contributed by atoms with E-state index in [0.29, 0.717) is 23.1 Å². The fraction of sp³-hybridized carbons (Fsp3) is 0.250. The summed E-state index contributed by atoms with van der Waals surface area (Å²) in [6.45, 7) is 2.35. The molecule has 1 atom stereocenters. The minimum Gasteiger partial charge on any atom is -0.495 e. The second kappa shape index (κ2) is 7.00. The van der Waals surface area contributed by atoms with Gasteiger partial charge in [0.2, 0.25) is 11.8 Å². The molecule has 27 heavy (non-hydrogen) atoms. The first-order chi connectivity index (χ1) is 13.0. The molecule has 0 saturated carbocycles. The van der Waals surface area contributed by atoms with Crippen LogP contribution < -0.4 is 15.0 Å². The van der Waals surface area contributed by atoms with E-state index in [-0.39, 0.29) is 18.2 Å². The van der Waals surface area contributed by atoms with Gasteiger partial charge < -0.3 is 15.0 Å². The van der Waals surface area contributed by atoms with Gasteiger partial charge >= 0.3 is 0 Å². The average Bonchev–Trinajstić information content (AvgIpc) is 3.24. The van der Waals surface area contributed by atoms with Gasteiger partial charge in [0.15, 0.2) is 5.13 Å². The smallest absolute Gasteiger partial charge is 0.231 e. The van der Waals surface area contributed by atoms with Gasteiger partial charge in [-0.15, -0.1) is 0 Å². The zero-order valence-electron chi connectivity index (χ0n) is 15.1. The Morgan fingerprint density at radius 3 is 2.93 bits per heavy atom. The number of hydrogen-bond acceptors (Lipinski definition) is 5. The topological polar surface area (TPSA) is 71.5 Å². The van der Waals surface area contributed by atoms with Gasteiger partial charge in [-0.3, -0.25) is 9.59 Å². The summed E-state index contributed by atoms with van der Waals surface area (Å²) in [5.74, 6) is -0.0688. The Morgan fingerprint density at radius 2 is 2.11 bits per heavy atom. The summed E-state index contributed by atoms with van der Waals surface area (Å²) in [7, 11) is 1.57. The minimum atomic E-state index is -0.420. The van der Waals surface area contributed by atoms with Crippen LogP contribution in [-0.2, 0) is 9.59 Å². The number of para-hydroxylation sites is 2. The SMILES string of the molecule is COc1ccccc1N1CC(C(=O)Nc2nc3ccc(C)cc3s2)CC1=O. The van der Waals surface area contributed by atoms with Gasteiger partial charge in [0.05, 0.1) is 28.9 Å². The number of thiazole rings is 1. The van der Waals surface area contributed by atoms with Crippen LogP contribution in [0.3, 0.4) is 0 Å². The molecular formula is C20H19N3O3S. The first-order valence-electron chi connectivity index (χ1n) is 8.66. The highest BCUT2D eigenvalue weighted by molar-refractivity contribution is 7.22. The number of benzene rings is 2. The predicted octanol–water partition coefficient (Wildman–Crippen LogP) is 3.60. The Labute approximate surface area is 160 Å². The number of carbonyl (C=O) groups excluding carboxylic acids is 2. The van der Waals surface area contributed by atoms with Gasteiger partial charge in [-0.25, -0.2) is 4.98 Å². The maximum atomic E-state index is 12.7. The van der Waals surface area contributed by atoms with Crippen molar-refractivity contribution in [2.45, 2.75) is 13.3 Å². The van der Waals surface area contributed by atoms with Crippen LogP contribution in [0.2, 0.25) is 0 Å².